The molecule has 0 aromatic carbocycles. The number of thiazole rings is 1. The van der Waals surface area contributed by atoms with Gasteiger partial charge in [-0.2, -0.15) is 0 Å². The van der Waals surface area contributed by atoms with E-state index < -0.39 is 11.9 Å². The van der Waals surface area contributed by atoms with E-state index in [0.29, 0.717) is 13.0 Å². The lowest BCUT2D eigenvalue weighted by Gasteiger charge is -2.25. The normalized spacial score (nSPS) is 23.6. The predicted molar refractivity (Wildman–Crippen MR) is 75.7 cm³/mol. The predicted octanol–water partition coefficient (Wildman–Crippen LogP) is 2.02. The first-order chi connectivity index (χ1) is 9.40. The van der Waals surface area contributed by atoms with Gasteiger partial charge in [0.25, 0.3) is 0 Å². The Morgan fingerprint density at radius 1 is 1.60 bits per heavy atom. The maximum Gasteiger partial charge on any atom is 0.318 e. The van der Waals surface area contributed by atoms with E-state index in [1.54, 1.807) is 11.8 Å². The Kier molecular flexibility index (Phi) is 4.27. The van der Waals surface area contributed by atoms with Gasteiger partial charge in [0, 0.05) is 23.7 Å². The Morgan fingerprint density at radius 2 is 2.30 bits per heavy atom. The van der Waals surface area contributed by atoms with Crippen LogP contribution in [-0.2, 0) is 4.79 Å². The molecule has 1 aliphatic heterocycles. The molecule has 0 spiro atoms. The molecule has 0 radical (unpaired) electrons. The Hall–Kier alpha value is -1.63. The number of urea groups is 1. The molecule has 2 rings (SSSR count). The van der Waals surface area contributed by atoms with Crippen molar-refractivity contribution < 1.29 is 14.7 Å². The summed E-state index contributed by atoms with van der Waals surface area (Å²) in [5.41, 5.74) is 0.937. The third kappa shape index (κ3) is 2.92. The zero-order valence-corrected chi connectivity index (χ0v) is 12.6. The highest BCUT2D eigenvalue weighted by atomic mass is 32.1. The number of carbonyl (C=O) groups excluding carboxylic acids is 1. The van der Waals surface area contributed by atoms with Crippen LogP contribution < -0.4 is 5.32 Å². The number of nitrogens with one attached hydrogen (secondary N) is 1. The highest BCUT2D eigenvalue weighted by Crippen LogP contribution is 2.25. The second-order valence-electron chi connectivity index (χ2n) is 5.17. The van der Waals surface area contributed by atoms with Crippen molar-refractivity contribution in [2.45, 2.75) is 39.3 Å². The average molecular weight is 297 g/mol. The van der Waals surface area contributed by atoms with Crippen LogP contribution in [0.15, 0.2) is 5.38 Å². The molecule has 6 nitrogen and oxygen atoms in total. The number of aliphatic carboxylic acids is 1. The lowest BCUT2D eigenvalue weighted by molar-refractivity contribution is -0.142. The molecular formula is C13H19N3O3S. The molecule has 0 aliphatic carbocycles. The molecule has 0 saturated carbocycles. The number of aryl methyl sites for hydroxylation is 1. The van der Waals surface area contributed by atoms with Crippen molar-refractivity contribution in [1.82, 2.24) is 15.2 Å². The summed E-state index contributed by atoms with van der Waals surface area (Å²) >= 11 is 1.51. The quantitative estimate of drug-likeness (QED) is 0.894. The van der Waals surface area contributed by atoms with Crippen molar-refractivity contribution in [3.8, 4) is 0 Å². The molecule has 2 heterocycles. The van der Waals surface area contributed by atoms with Crippen LogP contribution in [0.5, 0.6) is 0 Å². The van der Waals surface area contributed by atoms with Crippen molar-refractivity contribution in [3.63, 3.8) is 0 Å². The number of carbonyl (C=O) groups is 2. The Morgan fingerprint density at radius 3 is 2.80 bits per heavy atom. The van der Waals surface area contributed by atoms with Crippen LogP contribution in [0.3, 0.4) is 0 Å². The summed E-state index contributed by atoms with van der Waals surface area (Å²) in [7, 11) is 0. The third-order valence-electron chi connectivity index (χ3n) is 3.68. The molecular weight excluding hydrogens is 278 g/mol. The number of nitrogens with zero attached hydrogens (tertiary/aromatic N) is 2. The number of aromatic nitrogens is 1. The van der Waals surface area contributed by atoms with Gasteiger partial charge in [0.05, 0.1) is 12.0 Å². The van der Waals surface area contributed by atoms with Crippen LogP contribution in [0.4, 0.5) is 4.79 Å². The van der Waals surface area contributed by atoms with Crippen LogP contribution in [0.2, 0.25) is 0 Å². The highest BCUT2D eigenvalue weighted by Gasteiger charge is 2.38. The maximum absolute atomic E-state index is 12.2. The molecule has 1 aromatic heterocycles. The van der Waals surface area contributed by atoms with Crippen LogP contribution >= 0.6 is 11.3 Å². The molecule has 1 aromatic rings. The van der Waals surface area contributed by atoms with E-state index in [-0.39, 0.29) is 18.1 Å². The number of likely N-dealkylation sites (tertiary alicyclic amines) is 1. The molecule has 110 valence electrons. The van der Waals surface area contributed by atoms with Gasteiger partial charge in [-0.05, 0) is 27.2 Å². The average Bonchev–Trinajstić information content (AvgIpc) is 2.95. The van der Waals surface area contributed by atoms with Crippen molar-refractivity contribution in [3.05, 3.63) is 16.1 Å². The minimum atomic E-state index is -0.837. The monoisotopic (exact) mass is 297 g/mol. The van der Waals surface area contributed by atoms with Crippen LogP contribution in [-0.4, -0.2) is 39.6 Å². The largest absolute Gasteiger partial charge is 0.481 e. The molecule has 1 aliphatic rings. The Labute approximate surface area is 121 Å². The molecule has 1 saturated heterocycles. The Bertz CT molecular complexity index is 517. The first-order valence-corrected chi connectivity index (χ1v) is 7.50. The molecule has 3 atom stereocenters. The molecule has 3 unspecified atom stereocenters. The molecule has 20 heavy (non-hydrogen) atoms. The summed E-state index contributed by atoms with van der Waals surface area (Å²) in [6, 6.07) is -0.670. The van der Waals surface area contributed by atoms with E-state index in [2.05, 4.69) is 10.3 Å². The highest BCUT2D eigenvalue weighted by molar-refractivity contribution is 7.09. The van der Waals surface area contributed by atoms with Gasteiger partial charge < -0.3 is 15.3 Å². The van der Waals surface area contributed by atoms with E-state index >= 15 is 0 Å². The smallest absolute Gasteiger partial charge is 0.318 e. The van der Waals surface area contributed by atoms with E-state index in [9.17, 15) is 9.59 Å². The van der Waals surface area contributed by atoms with Gasteiger partial charge >= 0.3 is 12.0 Å². The zero-order chi connectivity index (χ0) is 14.9. The number of hydrogen-bond acceptors (Lipinski definition) is 4. The van der Waals surface area contributed by atoms with E-state index in [0.717, 1.165) is 10.7 Å². The Balaban J connectivity index is 1.97. The molecule has 2 N–H and O–H groups in total. The summed E-state index contributed by atoms with van der Waals surface area (Å²) in [6.07, 6.45) is 0.509. The SMILES string of the molecule is Cc1csc(C(C)NC(=O)N2CCC(C(=O)O)C2C)n1. The standard InChI is InChI=1S/C13H19N3O3S/c1-7-6-20-11(14-7)8(2)15-13(19)16-5-4-10(9(16)3)12(17)18/h6,8-10H,4-5H2,1-3H3,(H,15,19)(H,17,18). The van der Waals surface area contributed by atoms with Crippen molar-refractivity contribution in [2.75, 3.05) is 6.54 Å². The number of carboxylic acids is 1. The fourth-order valence-corrected chi connectivity index (χ4v) is 3.26. The van der Waals surface area contributed by atoms with Gasteiger partial charge in [0.15, 0.2) is 0 Å². The zero-order valence-electron chi connectivity index (χ0n) is 11.8. The number of carboxylic acid groups (broad SMARTS) is 1. The second kappa shape index (κ2) is 5.78. The number of rotatable bonds is 3. The molecule has 1 fully saturated rings. The summed E-state index contributed by atoms with van der Waals surface area (Å²) in [5, 5.41) is 14.8. The maximum atomic E-state index is 12.2. The fourth-order valence-electron chi connectivity index (χ4n) is 2.46. The van der Waals surface area contributed by atoms with Gasteiger partial charge in [0.2, 0.25) is 0 Å². The van der Waals surface area contributed by atoms with Gasteiger partial charge in [-0.25, -0.2) is 9.78 Å². The third-order valence-corrected chi connectivity index (χ3v) is 4.83. The van der Waals surface area contributed by atoms with Crippen molar-refractivity contribution in [1.29, 1.82) is 0 Å². The van der Waals surface area contributed by atoms with E-state index in [4.69, 9.17) is 5.11 Å². The van der Waals surface area contributed by atoms with Crippen molar-refractivity contribution in [2.24, 2.45) is 5.92 Å². The second-order valence-corrected chi connectivity index (χ2v) is 6.06. The first kappa shape index (κ1) is 14.8. The first-order valence-electron chi connectivity index (χ1n) is 6.62. The summed E-state index contributed by atoms with van der Waals surface area (Å²) in [6.45, 7) is 6.05. The van der Waals surface area contributed by atoms with Crippen LogP contribution in [0.1, 0.15) is 37.0 Å². The van der Waals surface area contributed by atoms with Gasteiger partial charge in [-0.3, -0.25) is 4.79 Å². The van der Waals surface area contributed by atoms with Crippen molar-refractivity contribution >= 4 is 23.3 Å². The minimum Gasteiger partial charge on any atom is -0.481 e. The van der Waals surface area contributed by atoms with E-state index in [1.165, 1.54) is 11.3 Å². The minimum absolute atomic E-state index is 0.169. The van der Waals surface area contributed by atoms with Gasteiger partial charge in [-0.15, -0.1) is 11.3 Å². The lowest BCUT2D eigenvalue weighted by atomic mass is 10.0. The number of hydrogen-bond donors (Lipinski definition) is 2. The van der Waals surface area contributed by atoms with Crippen LogP contribution in [0, 0.1) is 12.8 Å². The summed E-state index contributed by atoms with van der Waals surface area (Å²) in [4.78, 5) is 29.2. The van der Waals surface area contributed by atoms with Gasteiger partial charge in [-0.1, -0.05) is 0 Å². The number of amides is 2. The topological polar surface area (TPSA) is 82.5 Å². The van der Waals surface area contributed by atoms with E-state index in [1.807, 2.05) is 19.2 Å². The molecule has 2 amide bonds. The molecule has 0 bridgehead atoms. The molecule has 7 heteroatoms. The summed E-state index contributed by atoms with van der Waals surface area (Å²) in [5.74, 6) is -1.31. The summed E-state index contributed by atoms with van der Waals surface area (Å²) < 4.78 is 0. The lowest BCUT2D eigenvalue weighted by Crippen LogP contribution is -2.44. The van der Waals surface area contributed by atoms with Crippen LogP contribution in [0.25, 0.3) is 0 Å². The fraction of sp³-hybridized carbons (Fsp3) is 0.615. The van der Waals surface area contributed by atoms with Gasteiger partial charge in [0.1, 0.15) is 5.01 Å².